The fraction of sp³-hybridized carbons (Fsp3) is 0.632. The van der Waals surface area contributed by atoms with Crippen molar-refractivity contribution in [1.29, 1.82) is 0 Å². The van der Waals surface area contributed by atoms with Crippen molar-refractivity contribution in [2.45, 2.75) is 31.8 Å². The summed E-state index contributed by atoms with van der Waals surface area (Å²) in [5.41, 5.74) is 0.0798. The highest BCUT2D eigenvalue weighted by atomic mass is 32.2. The van der Waals surface area contributed by atoms with Gasteiger partial charge in [0, 0.05) is 44.5 Å². The van der Waals surface area contributed by atoms with Crippen molar-refractivity contribution < 1.29 is 26.9 Å². The number of amides is 1. The number of fused-ring (bicyclic) bond motifs is 5. The lowest BCUT2D eigenvalue weighted by molar-refractivity contribution is 0.0240. The predicted octanol–water partition coefficient (Wildman–Crippen LogP) is 1.63. The van der Waals surface area contributed by atoms with Gasteiger partial charge in [-0.3, -0.25) is 0 Å². The van der Waals surface area contributed by atoms with Gasteiger partial charge in [-0.1, -0.05) is 0 Å². The van der Waals surface area contributed by atoms with E-state index in [0.29, 0.717) is 50.8 Å². The quantitative estimate of drug-likeness (QED) is 0.628. The van der Waals surface area contributed by atoms with Gasteiger partial charge in [0.05, 0.1) is 18.8 Å². The molecule has 1 amide bonds. The Morgan fingerprint density at radius 2 is 1.83 bits per heavy atom. The number of carbonyl (C=O) groups excluding carboxylic acids is 1. The molecule has 4 bridgehead atoms. The van der Waals surface area contributed by atoms with Crippen LogP contribution in [0.3, 0.4) is 0 Å². The highest BCUT2D eigenvalue weighted by Gasteiger charge is 2.37. The Morgan fingerprint density at radius 1 is 1.10 bits per heavy atom. The molecule has 0 N–H and O–H groups in total. The van der Waals surface area contributed by atoms with Crippen LogP contribution in [-0.2, 0) is 19.6 Å². The minimum Gasteiger partial charge on any atom is -0.444 e. The van der Waals surface area contributed by atoms with Gasteiger partial charge in [0.25, 0.3) is 0 Å². The third kappa shape index (κ3) is 4.23. The topological polar surface area (TPSA) is 88.6 Å². The van der Waals surface area contributed by atoms with Crippen molar-refractivity contribution in [2.75, 3.05) is 55.7 Å². The van der Waals surface area contributed by atoms with Crippen LogP contribution in [0.1, 0.15) is 20.8 Å². The number of piperazine rings is 1. The van der Waals surface area contributed by atoms with Gasteiger partial charge < -0.3 is 28.4 Å². The maximum atomic E-state index is 12.6. The Kier molecular flexibility index (Phi) is 5.02. The second-order valence-electron chi connectivity index (χ2n) is 8.43. The summed E-state index contributed by atoms with van der Waals surface area (Å²) in [6.07, 6.45) is -0.335. The number of anilines is 2. The summed E-state index contributed by atoms with van der Waals surface area (Å²) in [7, 11) is -3.89. The smallest absolute Gasteiger partial charge is 0.410 e. The summed E-state index contributed by atoms with van der Waals surface area (Å²) in [6, 6.07) is 5.64. The molecule has 2 fully saturated rings. The van der Waals surface area contributed by atoms with Crippen LogP contribution in [0.15, 0.2) is 18.2 Å². The second-order valence-corrected chi connectivity index (χ2v) is 10.1. The van der Waals surface area contributed by atoms with Crippen LogP contribution < -0.4 is 14.0 Å². The van der Waals surface area contributed by atoms with Gasteiger partial charge in [-0.2, -0.15) is 8.42 Å². The first-order chi connectivity index (χ1) is 13.6. The largest absolute Gasteiger partial charge is 0.444 e. The molecule has 0 aliphatic carbocycles. The van der Waals surface area contributed by atoms with Crippen molar-refractivity contribution in [3.63, 3.8) is 0 Å². The van der Waals surface area contributed by atoms with Crippen molar-refractivity contribution >= 4 is 27.6 Å². The maximum Gasteiger partial charge on any atom is 0.410 e. The lowest BCUT2D eigenvalue weighted by atomic mass is 10.2. The highest BCUT2D eigenvalue weighted by molar-refractivity contribution is 7.87. The summed E-state index contributed by atoms with van der Waals surface area (Å²) >= 11 is 0. The monoisotopic (exact) mass is 425 g/mol. The molecule has 1 unspecified atom stereocenters. The molecule has 1 atom stereocenters. The van der Waals surface area contributed by atoms with Gasteiger partial charge in [0.15, 0.2) is 5.75 Å². The molecule has 4 rings (SSSR count). The van der Waals surface area contributed by atoms with Gasteiger partial charge in [-0.15, -0.1) is 0 Å². The molecular weight excluding hydrogens is 398 g/mol. The zero-order chi connectivity index (χ0) is 20.8. The summed E-state index contributed by atoms with van der Waals surface area (Å²) in [6.45, 7) is 8.84. The van der Waals surface area contributed by atoms with E-state index in [1.807, 2.05) is 42.7 Å². The molecule has 0 radical (unpaired) electrons. The first-order valence-electron chi connectivity index (χ1n) is 9.79. The first kappa shape index (κ1) is 20.1. The van der Waals surface area contributed by atoms with E-state index in [1.165, 1.54) is 0 Å². The van der Waals surface area contributed by atoms with E-state index < -0.39 is 21.2 Å². The molecule has 3 aliphatic rings. The standard InChI is InChI=1S/C19H27N3O6S/c1-19(2,3)27-18(23)21-8-6-20(7-9-21)15-5-4-14-12-16(15)28-29(24,25)17-13-22(14)10-11-26-17/h4-5,12,17H,6-11,13H2,1-3H3. The fourth-order valence-corrected chi connectivity index (χ4v) is 4.81. The van der Waals surface area contributed by atoms with Crippen molar-refractivity contribution in [3.05, 3.63) is 18.2 Å². The molecule has 0 spiro atoms. The molecule has 0 saturated carbocycles. The number of hydrogen-bond donors (Lipinski definition) is 0. The van der Waals surface area contributed by atoms with Gasteiger partial charge in [-0.05, 0) is 32.9 Å². The molecule has 29 heavy (non-hydrogen) atoms. The van der Waals surface area contributed by atoms with Gasteiger partial charge >= 0.3 is 16.2 Å². The van der Waals surface area contributed by atoms with E-state index in [0.717, 1.165) is 5.69 Å². The summed E-state index contributed by atoms with van der Waals surface area (Å²) < 4.78 is 41.6. The first-order valence-corrected chi connectivity index (χ1v) is 11.3. The maximum absolute atomic E-state index is 12.6. The van der Waals surface area contributed by atoms with Crippen LogP contribution in [0.4, 0.5) is 16.2 Å². The third-order valence-electron chi connectivity index (χ3n) is 5.14. The average molecular weight is 426 g/mol. The Bertz CT molecular complexity index is 890. The van der Waals surface area contributed by atoms with Crippen LogP contribution in [0.25, 0.3) is 0 Å². The average Bonchev–Trinajstić information content (AvgIpc) is 2.66. The van der Waals surface area contributed by atoms with Gasteiger partial charge in [-0.25, -0.2) is 4.79 Å². The minimum absolute atomic E-state index is 0.260. The van der Waals surface area contributed by atoms with Crippen molar-refractivity contribution in [2.24, 2.45) is 0 Å². The molecule has 0 aromatic heterocycles. The van der Waals surface area contributed by atoms with E-state index in [4.69, 9.17) is 13.7 Å². The zero-order valence-electron chi connectivity index (χ0n) is 17.0. The summed E-state index contributed by atoms with van der Waals surface area (Å²) in [4.78, 5) is 18.0. The Hall–Kier alpha value is -2.20. The molecule has 1 aromatic rings. The van der Waals surface area contributed by atoms with E-state index in [1.54, 1.807) is 11.0 Å². The van der Waals surface area contributed by atoms with Crippen LogP contribution in [0.5, 0.6) is 5.75 Å². The van der Waals surface area contributed by atoms with Crippen molar-refractivity contribution in [1.82, 2.24) is 4.90 Å². The third-order valence-corrected chi connectivity index (χ3v) is 6.48. The number of ether oxygens (including phenoxy) is 2. The predicted molar refractivity (Wildman–Crippen MR) is 108 cm³/mol. The van der Waals surface area contributed by atoms with E-state index in [2.05, 4.69) is 0 Å². The van der Waals surface area contributed by atoms with Crippen LogP contribution >= 0.6 is 0 Å². The summed E-state index contributed by atoms with van der Waals surface area (Å²) in [5.74, 6) is 0.299. The van der Waals surface area contributed by atoms with Crippen molar-refractivity contribution in [3.8, 4) is 5.75 Å². The molecule has 1 aromatic carbocycles. The second kappa shape index (κ2) is 7.24. The molecule has 160 valence electrons. The number of benzene rings is 1. The number of carbonyl (C=O) groups is 1. The Morgan fingerprint density at radius 3 is 2.52 bits per heavy atom. The number of rotatable bonds is 1. The fourth-order valence-electron chi connectivity index (χ4n) is 3.69. The Balaban J connectivity index is 1.52. The van der Waals surface area contributed by atoms with Crippen LogP contribution in [-0.4, -0.2) is 76.3 Å². The number of morpholine rings is 1. The zero-order valence-corrected chi connectivity index (χ0v) is 17.8. The van der Waals surface area contributed by atoms with E-state index >= 15 is 0 Å². The molecule has 2 saturated heterocycles. The Labute approximate surface area is 171 Å². The minimum atomic E-state index is -3.89. The molecule has 10 heteroatoms. The molecule has 9 nitrogen and oxygen atoms in total. The van der Waals surface area contributed by atoms with E-state index in [-0.39, 0.29) is 12.6 Å². The molecule has 3 aliphatic heterocycles. The lowest BCUT2D eigenvalue weighted by Gasteiger charge is -2.39. The van der Waals surface area contributed by atoms with Gasteiger partial charge in [0.2, 0.25) is 5.44 Å². The normalized spacial score (nSPS) is 23.7. The SMILES string of the molecule is CC(C)(C)OC(=O)N1CCN(c2ccc3cc2OS(=O)(=O)C2CN3CCO2)CC1. The lowest BCUT2D eigenvalue weighted by Crippen LogP contribution is -2.50. The van der Waals surface area contributed by atoms with Crippen LogP contribution in [0.2, 0.25) is 0 Å². The highest BCUT2D eigenvalue weighted by Crippen LogP contribution is 2.37. The van der Waals surface area contributed by atoms with E-state index in [9.17, 15) is 13.2 Å². The van der Waals surface area contributed by atoms with Crippen LogP contribution in [0, 0.1) is 0 Å². The van der Waals surface area contributed by atoms with Gasteiger partial charge in [0.1, 0.15) is 5.60 Å². The number of hydrogen-bond acceptors (Lipinski definition) is 8. The molecular formula is C19H27N3O6S. The number of nitrogens with zero attached hydrogens (tertiary/aromatic N) is 3. The summed E-state index contributed by atoms with van der Waals surface area (Å²) in [5, 5.41) is 0. The molecule has 3 heterocycles.